The lowest BCUT2D eigenvalue weighted by Gasteiger charge is -1.91. The Balaban J connectivity index is 2.62. The van der Waals surface area contributed by atoms with Gasteiger partial charge in [-0.3, -0.25) is 0 Å². The SMILES string of the molecule is CCCCCSC=S. The monoisotopic (exact) mass is 148 g/mol. The minimum absolute atomic E-state index is 1.21. The zero-order valence-corrected chi connectivity index (χ0v) is 6.86. The van der Waals surface area contributed by atoms with Crippen LogP contribution < -0.4 is 0 Å². The fourth-order valence-electron chi connectivity index (χ4n) is 0.484. The summed E-state index contributed by atoms with van der Waals surface area (Å²) < 4.78 is 1.75. The second-order valence-corrected chi connectivity index (χ2v) is 3.19. The molecule has 8 heavy (non-hydrogen) atoms. The van der Waals surface area contributed by atoms with Crippen LogP contribution in [0.25, 0.3) is 0 Å². The predicted molar refractivity (Wildman–Crippen MR) is 45.6 cm³/mol. The molecule has 0 aliphatic carbocycles. The van der Waals surface area contributed by atoms with E-state index in [2.05, 4.69) is 19.1 Å². The number of rotatable bonds is 5. The Morgan fingerprint density at radius 1 is 1.50 bits per heavy atom. The number of unbranched alkanes of at least 4 members (excludes halogenated alkanes) is 2. The number of thiocarbonyl (C=S) groups is 1. The molecule has 0 N–H and O–H groups in total. The molecule has 0 fully saturated rings. The van der Waals surface area contributed by atoms with E-state index in [1.165, 1.54) is 25.0 Å². The quantitative estimate of drug-likeness (QED) is 0.434. The maximum absolute atomic E-state index is 4.64. The first-order valence-electron chi connectivity index (χ1n) is 2.97. The summed E-state index contributed by atoms with van der Waals surface area (Å²) in [7, 11) is 0. The molecule has 0 saturated carbocycles. The van der Waals surface area contributed by atoms with Crippen LogP contribution in [0, 0.1) is 0 Å². The van der Waals surface area contributed by atoms with Crippen molar-refractivity contribution in [2.24, 2.45) is 0 Å². The summed E-state index contributed by atoms with van der Waals surface area (Å²) in [4.78, 5) is 0. The Morgan fingerprint density at radius 2 is 2.25 bits per heavy atom. The third-order valence-corrected chi connectivity index (χ3v) is 2.00. The van der Waals surface area contributed by atoms with Crippen LogP contribution >= 0.6 is 24.0 Å². The molecular weight excluding hydrogens is 136 g/mol. The highest BCUT2D eigenvalue weighted by Gasteiger charge is 1.82. The van der Waals surface area contributed by atoms with E-state index in [0.29, 0.717) is 0 Å². The molecule has 2 heteroatoms. The maximum atomic E-state index is 4.64. The van der Waals surface area contributed by atoms with Gasteiger partial charge >= 0.3 is 0 Å². The van der Waals surface area contributed by atoms with Gasteiger partial charge in [-0.25, -0.2) is 0 Å². The zero-order chi connectivity index (χ0) is 6.24. The Kier molecular flexibility index (Phi) is 7.85. The Labute approximate surface area is 61.0 Å². The minimum atomic E-state index is 1.21. The molecule has 0 bridgehead atoms. The van der Waals surface area contributed by atoms with Gasteiger partial charge in [-0.2, -0.15) is 0 Å². The van der Waals surface area contributed by atoms with Crippen LogP contribution in [0.1, 0.15) is 26.2 Å². The topological polar surface area (TPSA) is 0 Å². The van der Waals surface area contributed by atoms with Crippen LogP contribution in [-0.4, -0.2) is 10.5 Å². The van der Waals surface area contributed by atoms with Crippen molar-refractivity contribution in [3.63, 3.8) is 0 Å². The highest BCUT2D eigenvalue weighted by molar-refractivity contribution is 8.20. The molecule has 0 spiro atoms. The maximum Gasteiger partial charge on any atom is 0.0341 e. The largest absolute Gasteiger partial charge is 0.122 e. The van der Waals surface area contributed by atoms with Gasteiger partial charge in [-0.05, 0) is 12.2 Å². The highest BCUT2D eigenvalue weighted by Crippen LogP contribution is 2.02. The Bertz CT molecular complexity index is 52.5. The van der Waals surface area contributed by atoms with E-state index in [0.717, 1.165) is 0 Å². The third-order valence-electron chi connectivity index (χ3n) is 0.934. The third kappa shape index (κ3) is 6.44. The minimum Gasteiger partial charge on any atom is -0.122 e. The van der Waals surface area contributed by atoms with Crippen molar-refractivity contribution < 1.29 is 0 Å². The summed E-state index contributed by atoms with van der Waals surface area (Å²) >= 11 is 6.38. The van der Waals surface area contributed by atoms with Gasteiger partial charge in [0.05, 0.1) is 0 Å². The van der Waals surface area contributed by atoms with Gasteiger partial charge < -0.3 is 0 Å². The molecule has 0 rings (SSSR count). The highest BCUT2D eigenvalue weighted by atomic mass is 32.2. The summed E-state index contributed by atoms with van der Waals surface area (Å²) in [5, 5.41) is 0. The van der Waals surface area contributed by atoms with E-state index in [1.807, 2.05) is 0 Å². The average molecular weight is 148 g/mol. The molecule has 0 aromatic carbocycles. The summed E-state index contributed by atoms with van der Waals surface area (Å²) in [6.45, 7) is 2.21. The van der Waals surface area contributed by atoms with Crippen LogP contribution in [0.15, 0.2) is 0 Å². The smallest absolute Gasteiger partial charge is 0.0341 e. The van der Waals surface area contributed by atoms with Gasteiger partial charge in [0.2, 0.25) is 0 Å². The van der Waals surface area contributed by atoms with Crippen molar-refractivity contribution in [3.05, 3.63) is 0 Å². The van der Waals surface area contributed by atoms with Crippen molar-refractivity contribution in [1.29, 1.82) is 0 Å². The van der Waals surface area contributed by atoms with Gasteiger partial charge in [-0.15, -0.1) is 11.8 Å². The second kappa shape index (κ2) is 7.44. The standard InChI is InChI=1S/C6H12S2/c1-2-3-4-5-8-6-7/h6H,2-5H2,1H3. The molecule has 0 atom stereocenters. The first kappa shape index (κ1) is 8.44. The average Bonchev–Trinajstić information content (AvgIpc) is 1.81. The van der Waals surface area contributed by atoms with Crippen molar-refractivity contribution in [2.75, 3.05) is 5.75 Å². The van der Waals surface area contributed by atoms with Crippen molar-refractivity contribution in [1.82, 2.24) is 0 Å². The van der Waals surface area contributed by atoms with Crippen molar-refractivity contribution in [3.8, 4) is 0 Å². The van der Waals surface area contributed by atoms with Gasteiger partial charge in [-0.1, -0.05) is 32.0 Å². The molecule has 0 nitrogen and oxygen atoms in total. The van der Waals surface area contributed by atoms with E-state index in [9.17, 15) is 0 Å². The molecule has 0 saturated heterocycles. The van der Waals surface area contributed by atoms with Gasteiger partial charge in [0.25, 0.3) is 0 Å². The summed E-state index contributed by atoms with van der Waals surface area (Å²) in [6, 6.07) is 0. The molecule has 0 aliphatic rings. The molecule has 0 aromatic heterocycles. The lowest BCUT2D eigenvalue weighted by atomic mass is 10.3. The van der Waals surface area contributed by atoms with Gasteiger partial charge in [0.1, 0.15) is 0 Å². The van der Waals surface area contributed by atoms with Gasteiger partial charge in [0, 0.05) is 4.70 Å². The molecule has 48 valence electrons. The fraction of sp³-hybridized carbons (Fsp3) is 0.833. The number of hydrogen-bond acceptors (Lipinski definition) is 2. The summed E-state index contributed by atoms with van der Waals surface area (Å²) in [6.07, 6.45) is 3.96. The Morgan fingerprint density at radius 3 is 2.75 bits per heavy atom. The van der Waals surface area contributed by atoms with Crippen LogP contribution in [-0.2, 0) is 0 Å². The molecular formula is C6H12S2. The second-order valence-electron chi connectivity index (χ2n) is 1.67. The van der Waals surface area contributed by atoms with E-state index in [-0.39, 0.29) is 0 Å². The van der Waals surface area contributed by atoms with Crippen LogP contribution in [0.4, 0.5) is 0 Å². The van der Waals surface area contributed by atoms with Gasteiger partial charge in [0.15, 0.2) is 0 Å². The normalized spacial score (nSPS) is 9.12. The van der Waals surface area contributed by atoms with E-state index in [4.69, 9.17) is 0 Å². The van der Waals surface area contributed by atoms with Crippen molar-refractivity contribution in [2.45, 2.75) is 26.2 Å². The van der Waals surface area contributed by atoms with Crippen LogP contribution in [0.5, 0.6) is 0 Å². The lowest BCUT2D eigenvalue weighted by molar-refractivity contribution is 0.779. The van der Waals surface area contributed by atoms with Crippen molar-refractivity contribution >= 4 is 28.7 Å². The fourth-order valence-corrected chi connectivity index (χ4v) is 1.24. The van der Waals surface area contributed by atoms with Crippen LogP contribution in [0.3, 0.4) is 0 Å². The zero-order valence-electron chi connectivity index (χ0n) is 5.22. The molecule has 0 aliphatic heterocycles. The van der Waals surface area contributed by atoms with Crippen LogP contribution in [0.2, 0.25) is 0 Å². The Hall–Kier alpha value is 0.440. The van der Waals surface area contributed by atoms with E-state index < -0.39 is 0 Å². The molecule has 0 heterocycles. The predicted octanol–water partition coefficient (Wildman–Crippen LogP) is 2.87. The number of hydrogen-bond donors (Lipinski definition) is 0. The summed E-state index contributed by atoms with van der Waals surface area (Å²) in [5.41, 5.74) is 0. The van der Waals surface area contributed by atoms with E-state index >= 15 is 0 Å². The first-order valence-corrected chi connectivity index (χ1v) is 4.49. The first-order chi connectivity index (χ1) is 3.91. The molecule has 0 radical (unpaired) electrons. The molecule has 0 aromatic rings. The van der Waals surface area contributed by atoms with E-state index in [1.54, 1.807) is 16.5 Å². The molecule has 0 unspecified atom stereocenters. The summed E-state index contributed by atoms with van der Waals surface area (Å²) in [5.74, 6) is 1.21. The lowest BCUT2D eigenvalue weighted by Crippen LogP contribution is -1.76. The number of thioether (sulfide) groups is 1. The molecule has 0 amide bonds.